The summed E-state index contributed by atoms with van der Waals surface area (Å²) in [6.45, 7) is 3.74. The Hall–Kier alpha value is -4.05. The number of furan rings is 1. The molecule has 4 heterocycles. The number of alkyl halides is 2. The Morgan fingerprint density at radius 3 is 2.67 bits per heavy atom. The third-order valence-electron chi connectivity index (χ3n) is 5.68. The molecule has 184 valence electrons. The van der Waals surface area contributed by atoms with E-state index in [0.717, 1.165) is 11.3 Å². The fraction of sp³-hybridized carbons (Fsp3) is 0.200. The van der Waals surface area contributed by atoms with Crippen molar-refractivity contribution in [2.45, 2.75) is 33.4 Å². The molecule has 0 aliphatic rings. The lowest BCUT2D eigenvalue weighted by atomic mass is 10.1. The van der Waals surface area contributed by atoms with Gasteiger partial charge in [-0.15, -0.1) is 0 Å². The summed E-state index contributed by atoms with van der Waals surface area (Å²) in [7, 11) is 0. The minimum absolute atomic E-state index is 0.175. The number of nitrogens with zero attached hydrogens (tertiary/aromatic N) is 5. The smallest absolute Gasteiger partial charge is 0.264 e. The quantitative estimate of drug-likeness (QED) is 0.299. The van der Waals surface area contributed by atoms with E-state index in [2.05, 4.69) is 20.5 Å². The summed E-state index contributed by atoms with van der Waals surface area (Å²) in [6.07, 6.45) is -1.31. The van der Waals surface area contributed by atoms with Crippen LogP contribution in [0.4, 0.5) is 14.6 Å². The molecule has 0 spiro atoms. The number of carbonyl (C=O) groups is 1. The number of aryl methyl sites for hydroxylation is 2. The van der Waals surface area contributed by atoms with Gasteiger partial charge in [-0.3, -0.25) is 9.48 Å². The van der Waals surface area contributed by atoms with Crippen LogP contribution in [0, 0.1) is 13.8 Å². The summed E-state index contributed by atoms with van der Waals surface area (Å²) in [6, 6.07) is 13.8. The lowest BCUT2D eigenvalue weighted by Gasteiger charge is -2.07. The highest BCUT2D eigenvalue weighted by Crippen LogP contribution is 2.33. The predicted octanol–water partition coefficient (Wildman–Crippen LogP) is 5.78. The number of fused-ring (bicyclic) bond motifs is 1. The van der Waals surface area contributed by atoms with Crippen molar-refractivity contribution in [1.82, 2.24) is 24.5 Å². The van der Waals surface area contributed by atoms with Crippen LogP contribution in [0.15, 0.2) is 59.2 Å². The number of carbonyl (C=O) groups excluding carboxylic acids is 1. The lowest BCUT2D eigenvalue weighted by Crippen LogP contribution is -2.20. The second-order valence-electron chi connectivity index (χ2n) is 8.32. The molecule has 0 saturated heterocycles. The monoisotopic (exact) mass is 510 g/mol. The van der Waals surface area contributed by atoms with Crippen LogP contribution in [0.1, 0.15) is 28.9 Å². The van der Waals surface area contributed by atoms with E-state index >= 15 is 0 Å². The van der Waals surface area contributed by atoms with Crippen molar-refractivity contribution in [2.75, 3.05) is 5.32 Å². The molecule has 0 radical (unpaired) electrons. The SMILES string of the molecule is Cc1nn(CC(=O)Nc2cc(C)n(Cc3cccc(Cl)c3)n2)c2nc(-c3ccco3)cc(C(F)F)c12. The zero-order valence-electron chi connectivity index (χ0n) is 19.4. The maximum atomic E-state index is 13.9. The predicted molar refractivity (Wildman–Crippen MR) is 131 cm³/mol. The van der Waals surface area contributed by atoms with E-state index < -0.39 is 12.3 Å². The van der Waals surface area contributed by atoms with Crippen LogP contribution in [-0.4, -0.2) is 30.5 Å². The van der Waals surface area contributed by atoms with E-state index in [0.29, 0.717) is 28.8 Å². The fourth-order valence-electron chi connectivity index (χ4n) is 4.08. The number of halogens is 3. The summed E-state index contributed by atoms with van der Waals surface area (Å²) in [5.41, 5.74) is 2.36. The highest BCUT2D eigenvalue weighted by molar-refractivity contribution is 6.30. The third-order valence-corrected chi connectivity index (χ3v) is 5.92. The Balaban J connectivity index is 1.40. The van der Waals surface area contributed by atoms with E-state index in [9.17, 15) is 13.6 Å². The lowest BCUT2D eigenvalue weighted by molar-refractivity contribution is -0.116. The Morgan fingerprint density at radius 1 is 1.11 bits per heavy atom. The molecule has 0 aliphatic carbocycles. The minimum atomic E-state index is -2.75. The van der Waals surface area contributed by atoms with Crippen LogP contribution in [0.25, 0.3) is 22.5 Å². The second kappa shape index (κ2) is 9.54. The van der Waals surface area contributed by atoms with Crippen molar-refractivity contribution in [1.29, 1.82) is 0 Å². The van der Waals surface area contributed by atoms with Gasteiger partial charge in [0.15, 0.2) is 17.2 Å². The molecule has 0 saturated carbocycles. The van der Waals surface area contributed by atoms with Crippen LogP contribution >= 0.6 is 11.6 Å². The Kier molecular flexibility index (Phi) is 6.27. The molecule has 0 aliphatic heterocycles. The topological polar surface area (TPSA) is 90.8 Å². The zero-order valence-corrected chi connectivity index (χ0v) is 20.1. The molecular weight excluding hydrogens is 490 g/mol. The van der Waals surface area contributed by atoms with Gasteiger partial charge in [0.05, 0.1) is 23.9 Å². The van der Waals surface area contributed by atoms with E-state index in [1.807, 2.05) is 25.1 Å². The number of rotatable bonds is 7. The van der Waals surface area contributed by atoms with Crippen molar-refractivity contribution in [3.8, 4) is 11.5 Å². The van der Waals surface area contributed by atoms with Crippen LogP contribution in [0.5, 0.6) is 0 Å². The summed E-state index contributed by atoms with van der Waals surface area (Å²) >= 11 is 6.06. The van der Waals surface area contributed by atoms with Gasteiger partial charge in [-0.05, 0) is 49.7 Å². The van der Waals surface area contributed by atoms with Gasteiger partial charge in [-0.25, -0.2) is 18.4 Å². The number of amides is 1. The average molecular weight is 511 g/mol. The molecule has 1 aromatic carbocycles. The molecule has 5 rings (SSSR count). The van der Waals surface area contributed by atoms with Gasteiger partial charge in [0.2, 0.25) is 5.91 Å². The Labute approximate surface area is 209 Å². The average Bonchev–Trinajstić information content (AvgIpc) is 3.54. The maximum Gasteiger partial charge on any atom is 0.264 e. The molecule has 0 unspecified atom stereocenters. The summed E-state index contributed by atoms with van der Waals surface area (Å²) in [5, 5.41) is 12.4. The van der Waals surface area contributed by atoms with Crippen molar-refractivity contribution in [3.05, 3.63) is 82.3 Å². The number of benzene rings is 1. The van der Waals surface area contributed by atoms with Crippen molar-refractivity contribution in [3.63, 3.8) is 0 Å². The molecule has 5 aromatic rings. The highest BCUT2D eigenvalue weighted by Gasteiger charge is 2.23. The molecule has 1 N–H and O–H groups in total. The largest absolute Gasteiger partial charge is 0.463 e. The van der Waals surface area contributed by atoms with E-state index in [-0.39, 0.29) is 28.8 Å². The van der Waals surface area contributed by atoms with Gasteiger partial charge in [-0.2, -0.15) is 10.2 Å². The molecule has 8 nitrogen and oxygen atoms in total. The molecule has 0 fully saturated rings. The van der Waals surface area contributed by atoms with E-state index in [4.69, 9.17) is 16.0 Å². The fourth-order valence-corrected chi connectivity index (χ4v) is 4.29. The molecule has 4 aromatic heterocycles. The van der Waals surface area contributed by atoms with E-state index in [1.165, 1.54) is 17.0 Å². The summed E-state index contributed by atoms with van der Waals surface area (Å²) in [4.78, 5) is 17.3. The van der Waals surface area contributed by atoms with Gasteiger partial charge in [0, 0.05) is 22.3 Å². The first kappa shape index (κ1) is 23.7. The normalized spacial score (nSPS) is 11.5. The van der Waals surface area contributed by atoms with Crippen molar-refractivity contribution < 1.29 is 18.0 Å². The van der Waals surface area contributed by atoms with Crippen LogP contribution in [0.2, 0.25) is 5.02 Å². The minimum Gasteiger partial charge on any atom is -0.463 e. The first-order valence-corrected chi connectivity index (χ1v) is 11.4. The van der Waals surface area contributed by atoms with Gasteiger partial charge in [0.25, 0.3) is 6.43 Å². The van der Waals surface area contributed by atoms with Crippen molar-refractivity contribution >= 4 is 34.4 Å². The van der Waals surface area contributed by atoms with E-state index in [1.54, 1.807) is 35.9 Å². The summed E-state index contributed by atoms with van der Waals surface area (Å²) in [5.74, 6) is 0.287. The number of aromatic nitrogens is 5. The second-order valence-corrected chi connectivity index (χ2v) is 8.76. The molecular formula is C25H21ClF2N6O2. The standard InChI is InChI=1S/C25H21ClF2N6O2/c1-14-9-21(32-33(14)12-16-5-3-6-17(26)10-16)30-22(35)13-34-25-23(15(2)31-34)18(24(27)28)11-19(29-25)20-7-4-8-36-20/h3-11,24H,12-13H2,1-2H3,(H,30,32,35). The number of pyridine rings is 1. The number of anilines is 1. The number of hydrogen-bond acceptors (Lipinski definition) is 5. The molecule has 0 bridgehead atoms. The third kappa shape index (κ3) is 4.72. The van der Waals surface area contributed by atoms with Gasteiger partial charge < -0.3 is 9.73 Å². The van der Waals surface area contributed by atoms with Crippen molar-refractivity contribution in [2.24, 2.45) is 0 Å². The van der Waals surface area contributed by atoms with Crippen LogP contribution in [0.3, 0.4) is 0 Å². The van der Waals surface area contributed by atoms with Gasteiger partial charge in [0.1, 0.15) is 12.2 Å². The first-order chi connectivity index (χ1) is 17.3. The maximum absolute atomic E-state index is 13.9. The Morgan fingerprint density at radius 2 is 1.94 bits per heavy atom. The molecule has 0 atom stereocenters. The van der Waals surface area contributed by atoms with Crippen LogP contribution in [-0.2, 0) is 17.9 Å². The van der Waals surface area contributed by atoms with Crippen LogP contribution < -0.4 is 5.32 Å². The van der Waals surface area contributed by atoms with Gasteiger partial charge in [-0.1, -0.05) is 23.7 Å². The molecule has 11 heteroatoms. The van der Waals surface area contributed by atoms with Gasteiger partial charge >= 0.3 is 0 Å². The Bertz CT molecular complexity index is 1560. The molecule has 1 amide bonds. The first-order valence-electron chi connectivity index (χ1n) is 11.1. The zero-order chi connectivity index (χ0) is 25.4. The number of hydrogen-bond donors (Lipinski definition) is 1. The molecule has 36 heavy (non-hydrogen) atoms. The summed E-state index contributed by atoms with van der Waals surface area (Å²) < 4.78 is 36.2. The highest BCUT2D eigenvalue weighted by atomic mass is 35.5. The number of nitrogens with one attached hydrogen (secondary N) is 1.